The van der Waals surface area contributed by atoms with E-state index in [1.165, 1.54) is 16.0 Å². The van der Waals surface area contributed by atoms with Crippen LogP contribution in [0, 0.1) is 0 Å². The van der Waals surface area contributed by atoms with E-state index in [9.17, 15) is 0 Å². The lowest BCUT2D eigenvalue weighted by atomic mass is 10.0. The van der Waals surface area contributed by atoms with Gasteiger partial charge in [0, 0.05) is 10.9 Å². The molecule has 0 aliphatic carbocycles. The van der Waals surface area contributed by atoms with E-state index in [-0.39, 0.29) is 0 Å². The molecule has 1 aromatic heterocycles. The molecule has 0 aliphatic rings. The van der Waals surface area contributed by atoms with Gasteiger partial charge in [-0.15, -0.1) is 11.3 Å². The second kappa shape index (κ2) is 7.09. The number of hydrogen-bond donors (Lipinski definition) is 1. The molecule has 0 radical (unpaired) electrons. The van der Waals surface area contributed by atoms with Crippen molar-refractivity contribution in [1.82, 2.24) is 5.32 Å². The van der Waals surface area contributed by atoms with E-state index in [0.717, 1.165) is 23.7 Å². The maximum atomic E-state index is 6.01. The maximum Gasteiger partial charge on any atom is 0.0934 e. The molecule has 0 bridgehead atoms. The van der Waals surface area contributed by atoms with Gasteiger partial charge in [0.15, 0.2) is 0 Å². The molecule has 0 saturated heterocycles. The summed E-state index contributed by atoms with van der Waals surface area (Å²) in [6.45, 7) is 5.49. The van der Waals surface area contributed by atoms with Gasteiger partial charge in [-0.1, -0.05) is 43.6 Å². The normalized spacial score (nSPS) is 12.6. The molecule has 2 rings (SSSR count). The Morgan fingerprint density at radius 2 is 2.05 bits per heavy atom. The van der Waals surface area contributed by atoms with Crippen LogP contribution >= 0.6 is 22.9 Å². The van der Waals surface area contributed by atoms with Crippen molar-refractivity contribution in [3.63, 3.8) is 0 Å². The maximum absolute atomic E-state index is 6.01. The third-order valence-corrected chi connectivity index (χ3v) is 4.48. The van der Waals surface area contributed by atoms with Gasteiger partial charge in [0.05, 0.1) is 4.34 Å². The van der Waals surface area contributed by atoms with Gasteiger partial charge in [-0.3, -0.25) is 0 Å². The zero-order valence-corrected chi connectivity index (χ0v) is 13.0. The lowest BCUT2D eigenvalue weighted by molar-refractivity contribution is 0.518. The standard InChI is InChI=1S/C16H20ClNS/c1-3-10-18-14(4-2)12-6-5-7-13(11-12)15-8-9-16(17)19-15/h5-9,11,14,18H,3-4,10H2,1-2H3. The molecule has 0 amide bonds. The smallest absolute Gasteiger partial charge is 0.0934 e. The van der Waals surface area contributed by atoms with Crippen LogP contribution in [-0.2, 0) is 0 Å². The third-order valence-electron chi connectivity index (χ3n) is 3.20. The van der Waals surface area contributed by atoms with Crippen LogP contribution < -0.4 is 5.32 Å². The molecule has 0 saturated carbocycles. The summed E-state index contributed by atoms with van der Waals surface area (Å²) in [4.78, 5) is 1.23. The summed E-state index contributed by atoms with van der Waals surface area (Å²) >= 11 is 7.65. The number of benzene rings is 1. The molecule has 1 unspecified atom stereocenters. The molecule has 19 heavy (non-hydrogen) atoms. The Bertz CT molecular complexity index is 521. The predicted molar refractivity (Wildman–Crippen MR) is 86.1 cm³/mol. The zero-order chi connectivity index (χ0) is 13.7. The highest BCUT2D eigenvalue weighted by molar-refractivity contribution is 7.19. The quantitative estimate of drug-likeness (QED) is 0.739. The summed E-state index contributed by atoms with van der Waals surface area (Å²) in [5, 5.41) is 3.60. The molecule has 1 N–H and O–H groups in total. The minimum Gasteiger partial charge on any atom is -0.310 e. The Kier molecular flexibility index (Phi) is 5.44. The van der Waals surface area contributed by atoms with E-state index in [1.807, 2.05) is 6.07 Å². The minimum absolute atomic E-state index is 0.440. The molecule has 0 aliphatic heterocycles. The number of halogens is 1. The average Bonchev–Trinajstić information content (AvgIpc) is 2.87. The fourth-order valence-electron chi connectivity index (χ4n) is 2.19. The lowest BCUT2D eigenvalue weighted by Crippen LogP contribution is -2.21. The third kappa shape index (κ3) is 3.82. The topological polar surface area (TPSA) is 12.0 Å². The molecule has 0 spiro atoms. The first-order valence-corrected chi connectivity index (χ1v) is 8.03. The first kappa shape index (κ1) is 14.6. The molecule has 1 heterocycles. The summed E-state index contributed by atoms with van der Waals surface area (Å²) < 4.78 is 0.844. The Morgan fingerprint density at radius 3 is 2.68 bits per heavy atom. The fourth-order valence-corrected chi connectivity index (χ4v) is 3.23. The van der Waals surface area contributed by atoms with E-state index in [2.05, 4.69) is 49.5 Å². The van der Waals surface area contributed by atoms with Crippen LogP contribution in [0.2, 0.25) is 4.34 Å². The van der Waals surface area contributed by atoms with Crippen molar-refractivity contribution in [3.8, 4) is 10.4 Å². The van der Waals surface area contributed by atoms with Gasteiger partial charge in [0.25, 0.3) is 0 Å². The van der Waals surface area contributed by atoms with Crippen LogP contribution in [0.1, 0.15) is 38.3 Å². The van der Waals surface area contributed by atoms with Gasteiger partial charge in [-0.05, 0) is 48.7 Å². The van der Waals surface area contributed by atoms with Crippen LogP contribution in [0.3, 0.4) is 0 Å². The number of thiophene rings is 1. The molecule has 0 fully saturated rings. The summed E-state index contributed by atoms with van der Waals surface area (Å²) in [6, 6.07) is 13.3. The fraction of sp³-hybridized carbons (Fsp3) is 0.375. The van der Waals surface area contributed by atoms with Gasteiger partial charge < -0.3 is 5.32 Å². The molecular weight excluding hydrogens is 274 g/mol. The number of rotatable bonds is 6. The van der Waals surface area contributed by atoms with Gasteiger partial charge in [-0.2, -0.15) is 0 Å². The van der Waals surface area contributed by atoms with Gasteiger partial charge in [0.2, 0.25) is 0 Å². The first-order chi connectivity index (χ1) is 9.24. The summed E-state index contributed by atoms with van der Waals surface area (Å²) in [6.07, 6.45) is 2.27. The predicted octanol–water partition coefficient (Wildman–Crippen LogP) is 5.52. The van der Waals surface area contributed by atoms with Crippen molar-refractivity contribution in [2.45, 2.75) is 32.7 Å². The highest BCUT2D eigenvalue weighted by Gasteiger charge is 2.09. The molecule has 1 atom stereocenters. The Labute approximate surface area is 124 Å². The molecule has 1 nitrogen and oxygen atoms in total. The first-order valence-electron chi connectivity index (χ1n) is 6.83. The van der Waals surface area contributed by atoms with E-state index in [0.29, 0.717) is 6.04 Å². The van der Waals surface area contributed by atoms with E-state index in [1.54, 1.807) is 11.3 Å². The van der Waals surface area contributed by atoms with E-state index < -0.39 is 0 Å². The van der Waals surface area contributed by atoms with Crippen LogP contribution in [0.5, 0.6) is 0 Å². The monoisotopic (exact) mass is 293 g/mol. The number of hydrogen-bond acceptors (Lipinski definition) is 2. The summed E-state index contributed by atoms with van der Waals surface area (Å²) in [7, 11) is 0. The molecular formula is C16H20ClNS. The summed E-state index contributed by atoms with van der Waals surface area (Å²) in [5.74, 6) is 0. The Balaban J connectivity index is 2.22. The second-order valence-corrected chi connectivity index (χ2v) is 6.36. The van der Waals surface area contributed by atoms with Gasteiger partial charge in [-0.25, -0.2) is 0 Å². The average molecular weight is 294 g/mol. The molecule has 102 valence electrons. The largest absolute Gasteiger partial charge is 0.310 e. The van der Waals surface area contributed by atoms with Crippen molar-refractivity contribution in [2.24, 2.45) is 0 Å². The second-order valence-electron chi connectivity index (χ2n) is 4.64. The van der Waals surface area contributed by atoms with Crippen molar-refractivity contribution >= 4 is 22.9 Å². The van der Waals surface area contributed by atoms with Crippen molar-refractivity contribution < 1.29 is 0 Å². The SMILES string of the molecule is CCCNC(CC)c1cccc(-c2ccc(Cl)s2)c1. The Hall–Kier alpha value is -0.830. The summed E-state index contributed by atoms with van der Waals surface area (Å²) in [5.41, 5.74) is 2.61. The zero-order valence-electron chi connectivity index (χ0n) is 11.4. The van der Waals surface area contributed by atoms with Crippen LogP contribution in [0.4, 0.5) is 0 Å². The molecule has 1 aromatic carbocycles. The van der Waals surface area contributed by atoms with Crippen molar-refractivity contribution in [3.05, 3.63) is 46.3 Å². The van der Waals surface area contributed by atoms with Crippen molar-refractivity contribution in [1.29, 1.82) is 0 Å². The lowest BCUT2D eigenvalue weighted by Gasteiger charge is -2.17. The minimum atomic E-state index is 0.440. The van der Waals surface area contributed by atoms with E-state index >= 15 is 0 Å². The molecule has 3 heteroatoms. The number of nitrogens with one attached hydrogen (secondary N) is 1. The van der Waals surface area contributed by atoms with E-state index in [4.69, 9.17) is 11.6 Å². The van der Waals surface area contributed by atoms with Crippen LogP contribution in [0.25, 0.3) is 10.4 Å². The van der Waals surface area contributed by atoms with Crippen LogP contribution in [0.15, 0.2) is 36.4 Å². The van der Waals surface area contributed by atoms with Gasteiger partial charge in [0.1, 0.15) is 0 Å². The Morgan fingerprint density at radius 1 is 1.21 bits per heavy atom. The van der Waals surface area contributed by atoms with Gasteiger partial charge >= 0.3 is 0 Å². The van der Waals surface area contributed by atoms with Crippen LogP contribution in [-0.4, -0.2) is 6.54 Å². The molecule has 2 aromatic rings. The van der Waals surface area contributed by atoms with Crippen molar-refractivity contribution in [2.75, 3.05) is 6.54 Å². The highest BCUT2D eigenvalue weighted by atomic mass is 35.5. The highest BCUT2D eigenvalue weighted by Crippen LogP contribution is 2.32.